The maximum atomic E-state index is 5.61. The predicted octanol–water partition coefficient (Wildman–Crippen LogP) is 0.404. The molecular formula is C9H13N3O. The van der Waals surface area contributed by atoms with Crippen LogP contribution in [0.15, 0.2) is 18.3 Å². The van der Waals surface area contributed by atoms with E-state index >= 15 is 0 Å². The predicted molar refractivity (Wildman–Crippen MR) is 50.6 cm³/mol. The van der Waals surface area contributed by atoms with Crippen LogP contribution in [0, 0.1) is 0 Å². The van der Waals surface area contributed by atoms with Crippen LogP contribution in [-0.2, 0) is 0 Å². The second-order valence-electron chi connectivity index (χ2n) is 3.14. The average molecular weight is 179 g/mol. The Morgan fingerprint density at radius 3 is 3.15 bits per heavy atom. The van der Waals surface area contributed by atoms with E-state index in [9.17, 15) is 0 Å². The van der Waals surface area contributed by atoms with Gasteiger partial charge in [-0.05, 0) is 25.1 Å². The first-order chi connectivity index (χ1) is 6.36. The molecule has 0 spiro atoms. The van der Waals surface area contributed by atoms with Gasteiger partial charge in [-0.25, -0.2) is 4.98 Å². The summed E-state index contributed by atoms with van der Waals surface area (Å²) in [5, 5.41) is 3.25. The van der Waals surface area contributed by atoms with Crippen LogP contribution in [0.2, 0.25) is 0 Å². The summed E-state index contributed by atoms with van der Waals surface area (Å²) < 4.78 is 5.49. The molecule has 1 aliphatic heterocycles. The van der Waals surface area contributed by atoms with Gasteiger partial charge in [-0.15, -0.1) is 0 Å². The van der Waals surface area contributed by atoms with E-state index < -0.39 is 0 Å². The molecule has 1 saturated heterocycles. The van der Waals surface area contributed by atoms with Crippen molar-refractivity contribution in [2.75, 3.05) is 18.9 Å². The molecule has 4 nitrogen and oxygen atoms in total. The lowest BCUT2D eigenvalue weighted by Gasteiger charge is -2.27. The molecular weight excluding hydrogens is 166 g/mol. The third kappa shape index (κ3) is 1.89. The molecule has 0 aliphatic carbocycles. The molecule has 70 valence electrons. The molecule has 1 atom stereocenters. The van der Waals surface area contributed by atoms with Crippen LogP contribution in [0.5, 0.6) is 5.75 Å². The fourth-order valence-electron chi connectivity index (χ4n) is 1.21. The Balaban J connectivity index is 1.89. The summed E-state index contributed by atoms with van der Waals surface area (Å²) in [7, 11) is 0. The van der Waals surface area contributed by atoms with Crippen LogP contribution in [0.1, 0.15) is 6.42 Å². The van der Waals surface area contributed by atoms with Crippen molar-refractivity contribution < 1.29 is 4.74 Å². The Morgan fingerprint density at radius 2 is 2.54 bits per heavy atom. The highest BCUT2D eigenvalue weighted by molar-refractivity contribution is 5.44. The molecule has 2 rings (SSSR count). The summed E-state index contributed by atoms with van der Waals surface area (Å²) in [5.74, 6) is 1.14. The third-order valence-electron chi connectivity index (χ3n) is 2.17. The number of hydrogen-bond acceptors (Lipinski definition) is 4. The van der Waals surface area contributed by atoms with Crippen LogP contribution in [-0.4, -0.2) is 24.2 Å². The lowest BCUT2D eigenvalue weighted by molar-refractivity contribution is 0.218. The van der Waals surface area contributed by atoms with Crippen LogP contribution in [0.25, 0.3) is 0 Å². The third-order valence-corrected chi connectivity index (χ3v) is 2.17. The lowest BCUT2D eigenvalue weighted by Crippen LogP contribution is -2.46. The van der Waals surface area contributed by atoms with Crippen LogP contribution in [0.3, 0.4) is 0 Å². The molecule has 0 radical (unpaired) electrons. The van der Waals surface area contributed by atoms with Gasteiger partial charge in [0.15, 0.2) is 11.6 Å². The highest BCUT2D eigenvalue weighted by atomic mass is 16.5. The van der Waals surface area contributed by atoms with Crippen molar-refractivity contribution in [3.05, 3.63) is 18.3 Å². The van der Waals surface area contributed by atoms with Crippen molar-refractivity contribution in [1.29, 1.82) is 0 Å². The number of nitrogens with zero attached hydrogens (tertiary/aromatic N) is 1. The molecule has 1 fully saturated rings. The van der Waals surface area contributed by atoms with Gasteiger partial charge in [0.1, 0.15) is 6.61 Å². The first kappa shape index (κ1) is 8.31. The molecule has 0 amide bonds. The zero-order valence-electron chi connectivity index (χ0n) is 7.36. The number of anilines is 1. The number of nitrogen functional groups attached to an aromatic ring is 1. The van der Waals surface area contributed by atoms with E-state index in [1.165, 1.54) is 6.42 Å². The molecule has 1 aromatic rings. The van der Waals surface area contributed by atoms with Crippen molar-refractivity contribution in [1.82, 2.24) is 10.3 Å². The Kier molecular flexibility index (Phi) is 2.31. The zero-order valence-corrected chi connectivity index (χ0v) is 7.36. The number of rotatable bonds is 3. The number of nitrogens with two attached hydrogens (primary N) is 1. The van der Waals surface area contributed by atoms with Gasteiger partial charge >= 0.3 is 0 Å². The quantitative estimate of drug-likeness (QED) is 0.705. The van der Waals surface area contributed by atoms with Crippen molar-refractivity contribution in [3.63, 3.8) is 0 Å². The lowest BCUT2D eigenvalue weighted by atomic mass is 10.1. The topological polar surface area (TPSA) is 60.2 Å². The number of pyridine rings is 1. The fraction of sp³-hybridized carbons (Fsp3) is 0.444. The largest absolute Gasteiger partial charge is 0.488 e. The highest BCUT2D eigenvalue weighted by Crippen LogP contribution is 2.17. The summed E-state index contributed by atoms with van der Waals surface area (Å²) in [6.45, 7) is 1.77. The average Bonchev–Trinajstić information content (AvgIpc) is 2.05. The maximum absolute atomic E-state index is 5.61. The van der Waals surface area contributed by atoms with Gasteiger partial charge in [0.2, 0.25) is 0 Å². The Labute approximate surface area is 77.1 Å². The minimum atomic E-state index is 0.460. The summed E-state index contributed by atoms with van der Waals surface area (Å²) in [4.78, 5) is 3.93. The molecule has 0 unspecified atom stereocenters. The standard InChI is InChI=1S/C9H13N3O/c10-9-8(2-1-4-12-9)13-6-7-3-5-11-7/h1-2,4,7,11H,3,5-6H2,(H2,10,12)/t7-/m0/s1. The highest BCUT2D eigenvalue weighted by Gasteiger charge is 2.16. The molecule has 0 saturated carbocycles. The first-order valence-corrected chi connectivity index (χ1v) is 4.43. The number of hydrogen-bond donors (Lipinski definition) is 2. The Bertz CT molecular complexity index is 286. The molecule has 2 heterocycles. The SMILES string of the molecule is Nc1ncccc1OC[C@@H]1CCN1. The van der Waals surface area contributed by atoms with Gasteiger partial charge in [-0.2, -0.15) is 0 Å². The Hall–Kier alpha value is -1.29. The minimum Gasteiger partial charge on any atom is -0.488 e. The fourth-order valence-corrected chi connectivity index (χ4v) is 1.21. The van der Waals surface area contributed by atoms with E-state index in [1.54, 1.807) is 6.20 Å². The zero-order chi connectivity index (χ0) is 9.10. The molecule has 1 aliphatic rings. The summed E-state index contributed by atoms with van der Waals surface area (Å²) >= 11 is 0. The second-order valence-corrected chi connectivity index (χ2v) is 3.14. The van der Waals surface area contributed by atoms with Crippen LogP contribution >= 0.6 is 0 Å². The Morgan fingerprint density at radius 1 is 1.69 bits per heavy atom. The van der Waals surface area contributed by atoms with Crippen molar-refractivity contribution in [2.45, 2.75) is 12.5 Å². The van der Waals surface area contributed by atoms with Gasteiger partial charge in [-0.1, -0.05) is 0 Å². The van der Waals surface area contributed by atoms with E-state index in [-0.39, 0.29) is 0 Å². The first-order valence-electron chi connectivity index (χ1n) is 4.43. The molecule has 1 aromatic heterocycles. The van der Waals surface area contributed by atoms with E-state index in [4.69, 9.17) is 10.5 Å². The normalized spacial score (nSPS) is 20.8. The van der Waals surface area contributed by atoms with Crippen LogP contribution in [0.4, 0.5) is 5.82 Å². The number of nitrogens with one attached hydrogen (secondary N) is 1. The summed E-state index contributed by atoms with van der Waals surface area (Å²) in [6, 6.07) is 4.14. The number of aromatic nitrogens is 1. The van der Waals surface area contributed by atoms with Crippen molar-refractivity contribution >= 4 is 5.82 Å². The van der Waals surface area contributed by atoms with Crippen molar-refractivity contribution in [3.8, 4) is 5.75 Å². The van der Waals surface area contributed by atoms with E-state index in [0.29, 0.717) is 24.2 Å². The van der Waals surface area contributed by atoms with Crippen molar-refractivity contribution in [2.24, 2.45) is 0 Å². The molecule has 13 heavy (non-hydrogen) atoms. The molecule has 0 bridgehead atoms. The smallest absolute Gasteiger partial charge is 0.166 e. The van der Waals surface area contributed by atoms with E-state index in [2.05, 4.69) is 10.3 Å². The van der Waals surface area contributed by atoms with E-state index in [1.807, 2.05) is 12.1 Å². The minimum absolute atomic E-state index is 0.460. The molecule has 3 N–H and O–H groups in total. The monoisotopic (exact) mass is 179 g/mol. The van der Waals surface area contributed by atoms with Gasteiger partial charge in [-0.3, -0.25) is 0 Å². The second kappa shape index (κ2) is 3.62. The molecule has 4 heteroatoms. The summed E-state index contributed by atoms with van der Waals surface area (Å²) in [6.07, 6.45) is 2.84. The van der Waals surface area contributed by atoms with Gasteiger partial charge in [0, 0.05) is 12.2 Å². The van der Waals surface area contributed by atoms with Gasteiger partial charge < -0.3 is 15.8 Å². The van der Waals surface area contributed by atoms with Gasteiger partial charge in [0.05, 0.1) is 0 Å². The van der Waals surface area contributed by atoms with Gasteiger partial charge in [0.25, 0.3) is 0 Å². The summed E-state index contributed by atoms with van der Waals surface area (Å²) in [5.41, 5.74) is 5.61. The van der Waals surface area contributed by atoms with Crippen LogP contribution < -0.4 is 15.8 Å². The maximum Gasteiger partial charge on any atom is 0.166 e. The van der Waals surface area contributed by atoms with E-state index in [0.717, 1.165) is 6.54 Å². The number of ether oxygens (including phenoxy) is 1. The molecule has 0 aromatic carbocycles.